The summed E-state index contributed by atoms with van der Waals surface area (Å²) in [7, 11) is 0. The number of nitro groups is 1. The number of fused-ring (bicyclic) bond motifs is 1. The fourth-order valence-electron chi connectivity index (χ4n) is 2.08. The van der Waals surface area contributed by atoms with Crippen LogP contribution in [-0.2, 0) is 0 Å². The van der Waals surface area contributed by atoms with Gasteiger partial charge in [0.1, 0.15) is 6.20 Å². The van der Waals surface area contributed by atoms with Crippen LogP contribution in [-0.4, -0.2) is 31.9 Å². The Balaban J connectivity index is 1.92. The molecule has 0 bridgehead atoms. The zero-order valence-corrected chi connectivity index (χ0v) is 11.2. The van der Waals surface area contributed by atoms with E-state index in [9.17, 15) is 10.1 Å². The Morgan fingerprint density at radius 2 is 2.28 bits per heavy atom. The van der Waals surface area contributed by atoms with Gasteiger partial charge < -0.3 is 15.4 Å². The van der Waals surface area contributed by atoms with Gasteiger partial charge in [0, 0.05) is 11.4 Å². The van der Waals surface area contributed by atoms with Gasteiger partial charge in [0.05, 0.1) is 0 Å². The van der Waals surface area contributed by atoms with Crippen LogP contribution >= 0.6 is 23.1 Å². The fraction of sp³-hybridized carbons (Fsp3) is 0.500. The van der Waals surface area contributed by atoms with E-state index in [4.69, 9.17) is 0 Å². The maximum absolute atomic E-state index is 11.1. The van der Waals surface area contributed by atoms with E-state index < -0.39 is 0 Å². The number of thioether (sulfide) groups is 1. The number of rotatable bonds is 3. The lowest BCUT2D eigenvalue weighted by molar-refractivity contribution is -0.389. The average Bonchev–Trinajstić information content (AvgIpc) is 2.89. The molecule has 0 aromatic carbocycles. The van der Waals surface area contributed by atoms with Crippen molar-refractivity contribution in [1.29, 1.82) is 0 Å². The Kier molecular flexibility index (Phi) is 3.13. The quantitative estimate of drug-likeness (QED) is 0.693. The molecule has 1 fully saturated rings. The maximum Gasteiger partial charge on any atom is 0.372 e. The molecule has 0 spiro atoms. The molecule has 3 rings (SSSR count). The van der Waals surface area contributed by atoms with E-state index in [-0.39, 0.29) is 10.7 Å². The van der Waals surface area contributed by atoms with Gasteiger partial charge >= 0.3 is 5.82 Å². The first kappa shape index (κ1) is 11.8. The SMILES string of the molecule is O=[N+]([O-])c1c(NC2CCSCC2)nc2sccn12. The Morgan fingerprint density at radius 3 is 3.00 bits per heavy atom. The molecule has 1 N–H and O–H groups in total. The molecule has 0 aliphatic carbocycles. The lowest BCUT2D eigenvalue weighted by Gasteiger charge is -2.21. The Labute approximate surface area is 112 Å². The topological polar surface area (TPSA) is 72.5 Å². The van der Waals surface area contributed by atoms with Gasteiger partial charge in [-0.05, 0) is 29.3 Å². The summed E-state index contributed by atoms with van der Waals surface area (Å²) < 4.78 is 1.53. The molecule has 96 valence electrons. The number of thiazole rings is 1. The van der Waals surface area contributed by atoms with Crippen molar-refractivity contribution in [2.75, 3.05) is 16.8 Å². The monoisotopic (exact) mass is 284 g/mol. The Morgan fingerprint density at radius 1 is 1.50 bits per heavy atom. The number of aromatic nitrogens is 2. The molecular weight excluding hydrogens is 272 g/mol. The highest BCUT2D eigenvalue weighted by molar-refractivity contribution is 7.99. The summed E-state index contributed by atoms with van der Waals surface area (Å²) in [5, 5.41) is 16.2. The van der Waals surface area contributed by atoms with Gasteiger partial charge in [-0.15, -0.1) is 0 Å². The molecule has 0 saturated carbocycles. The second-order valence-electron chi connectivity index (χ2n) is 4.13. The second kappa shape index (κ2) is 4.77. The first-order valence-electron chi connectivity index (χ1n) is 5.70. The van der Waals surface area contributed by atoms with Gasteiger partial charge in [-0.2, -0.15) is 21.1 Å². The molecule has 2 aromatic rings. The number of imidazole rings is 1. The molecule has 1 saturated heterocycles. The van der Waals surface area contributed by atoms with Crippen LogP contribution in [0.3, 0.4) is 0 Å². The normalized spacial score (nSPS) is 17.1. The predicted molar refractivity (Wildman–Crippen MR) is 73.7 cm³/mol. The van der Waals surface area contributed by atoms with E-state index in [1.54, 1.807) is 11.6 Å². The molecule has 0 unspecified atom stereocenters. The molecule has 2 aromatic heterocycles. The number of nitrogens with zero attached hydrogens (tertiary/aromatic N) is 3. The number of anilines is 1. The minimum Gasteiger partial charge on any atom is -0.360 e. The van der Waals surface area contributed by atoms with E-state index in [2.05, 4.69) is 10.3 Å². The van der Waals surface area contributed by atoms with Crippen molar-refractivity contribution in [3.8, 4) is 0 Å². The van der Waals surface area contributed by atoms with Crippen molar-refractivity contribution in [3.63, 3.8) is 0 Å². The molecule has 8 heteroatoms. The average molecular weight is 284 g/mol. The van der Waals surface area contributed by atoms with Crippen LogP contribution in [0.5, 0.6) is 0 Å². The van der Waals surface area contributed by atoms with Crippen LogP contribution < -0.4 is 5.32 Å². The molecule has 1 aliphatic rings. The Bertz CT molecular complexity index is 573. The van der Waals surface area contributed by atoms with E-state index in [1.807, 2.05) is 11.8 Å². The highest BCUT2D eigenvalue weighted by atomic mass is 32.2. The highest BCUT2D eigenvalue weighted by Gasteiger charge is 2.26. The summed E-state index contributed by atoms with van der Waals surface area (Å²) in [5.41, 5.74) is 0. The van der Waals surface area contributed by atoms with E-state index >= 15 is 0 Å². The third kappa shape index (κ3) is 2.05. The third-order valence-electron chi connectivity index (χ3n) is 2.97. The zero-order chi connectivity index (χ0) is 12.5. The molecule has 1 aliphatic heterocycles. The van der Waals surface area contributed by atoms with Crippen molar-refractivity contribution >= 4 is 39.7 Å². The molecule has 0 amide bonds. The standard InChI is InChI=1S/C10H12N4O2S2/c15-14(16)9-8(11-7-1-4-17-5-2-7)12-10-13(9)3-6-18-10/h3,6-7,11H,1-2,4-5H2. The van der Waals surface area contributed by atoms with Crippen LogP contribution in [0.15, 0.2) is 11.6 Å². The van der Waals surface area contributed by atoms with Crippen molar-refractivity contribution in [2.45, 2.75) is 18.9 Å². The third-order valence-corrected chi connectivity index (χ3v) is 4.78. The number of nitrogens with one attached hydrogen (secondary N) is 1. The van der Waals surface area contributed by atoms with Crippen LogP contribution in [0.25, 0.3) is 4.96 Å². The lowest BCUT2D eigenvalue weighted by Crippen LogP contribution is -2.25. The van der Waals surface area contributed by atoms with Gasteiger partial charge in [-0.1, -0.05) is 11.3 Å². The predicted octanol–water partition coefficient (Wildman–Crippen LogP) is 2.61. The molecular formula is C10H12N4O2S2. The summed E-state index contributed by atoms with van der Waals surface area (Å²) >= 11 is 3.33. The first-order valence-corrected chi connectivity index (χ1v) is 7.73. The maximum atomic E-state index is 11.1. The van der Waals surface area contributed by atoms with Gasteiger partial charge in [0.25, 0.3) is 4.96 Å². The van der Waals surface area contributed by atoms with Gasteiger partial charge in [0.15, 0.2) is 0 Å². The minimum absolute atomic E-state index is 0.0458. The minimum atomic E-state index is -0.368. The lowest BCUT2D eigenvalue weighted by atomic mass is 10.1. The van der Waals surface area contributed by atoms with E-state index in [1.165, 1.54) is 15.7 Å². The van der Waals surface area contributed by atoms with E-state index in [0.717, 1.165) is 24.3 Å². The van der Waals surface area contributed by atoms with Crippen molar-refractivity contribution in [3.05, 3.63) is 21.7 Å². The second-order valence-corrected chi connectivity index (χ2v) is 6.23. The van der Waals surface area contributed by atoms with Crippen LogP contribution in [0.2, 0.25) is 0 Å². The highest BCUT2D eigenvalue weighted by Crippen LogP contribution is 2.30. The van der Waals surface area contributed by atoms with Crippen LogP contribution in [0.4, 0.5) is 11.6 Å². The molecule has 0 radical (unpaired) electrons. The number of hydrogen-bond acceptors (Lipinski definition) is 6. The van der Waals surface area contributed by atoms with Gasteiger partial charge in [0.2, 0.25) is 5.82 Å². The molecule has 6 nitrogen and oxygen atoms in total. The van der Waals surface area contributed by atoms with Crippen molar-refractivity contribution in [2.24, 2.45) is 0 Å². The zero-order valence-electron chi connectivity index (χ0n) is 9.54. The van der Waals surface area contributed by atoms with Gasteiger partial charge in [-0.3, -0.25) is 0 Å². The smallest absolute Gasteiger partial charge is 0.360 e. The van der Waals surface area contributed by atoms with Crippen molar-refractivity contribution < 1.29 is 4.92 Å². The van der Waals surface area contributed by atoms with E-state index in [0.29, 0.717) is 16.8 Å². The largest absolute Gasteiger partial charge is 0.372 e. The molecule has 0 atom stereocenters. The summed E-state index contributed by atoms with van der Waals surface area (Å²) in [5.74, 6) is 2.66. The van der Waals surface area contributed by atoms with Crippen LogP contribution in [0.1, 0.15) is 12.8 Å². The van der Waals surface area contributed by atoms with Gasteiger partial charge in [-0.25, -0.2) is 0 Å². The van der Waals surface area contributed by atoms with Crippen molar-refractivity contribution in [1.82, 2.24) is 9.38 Å². The van der Waals surface area contributed by atoms with Crippen LogP contribution in [0, 0.1) is 10.1 Å². The molecule has 3 heterocycles. The number of hydrogen-bond donors (Lipinski definition) is 1. The first-order chi connectivity index (χ1) is 8.75. The Hall–Kier alpha value is -1.28. The molecule has 18 heavy (non-hydrogen) atoms. The summed E-state index contributed by atoms with van der Waals surface area (Å²) in [6, 6.07) is 0.301. The summed E-state index contributed by atoms with van der Waals surface area (Å²) in [6.45, 7) is 0. The fourth-order valence-corrected chi connectivity index (χ4v) is 3.90. The summed E-state index contributed by atoms with van der Waals surface area (Å²) in [4.78, 5) is 15.7. The summed E-state index contributed by atoms with van der Waals surface area (Å²) in [6.07, 6.45) is 3.76.